The molecule has 1 N–H and O–H groups in total. The van der Waals surface area contributed by atoms with E-state index in [2.05, 4.69) is 31.4 Å². The summed E-state index contributed by atoms with van der Waals surface area (Å²) in [5, 5.41) is 4.95. The summed E-state index contributed by atoms with van der Waals surface area (Å²) in [6.45, 7) is 0. The van der Waals surface area contributed by atoms with Gasteiger partial charge in [0.1, 0.15) is 5.69 Å². The summed E-state index contributed by atoms with van der Waals surface area (Å²) in [5.74, 6) is -0.336. The van der Waals surface area contributed by atoms with Crippen molar-refractivity contribution in [3.05, 3.63) is 76.4 Å². The van der Waals surface area contributed by atoms with Gasteiger partial charge < -0.3 is 0 Å². The number of pyridine rings is 1. The van der Waals surface area contributed by atoms with Crippen molar-refractivity contribution in [1.29, 1.82) is 0 Å². The lowest BCUT2D eigenvalue weighted by molar-refractivity contribution is 0.0950. The van der Waals surface area contributed by atoms with Crippen LogP contribution in [0.15, 0.2) is 70.2 Å². The predicted molar refractivity (Wildman–Crippen MR) is 90.9 cm³/mol. The van der Waals surface area contributed by atoms with Crippen LogP contribution in [0.2, 0.25) is 0 Å². The smallest absolute Gasteiger partial charge is 0.266 e. The molecule has 0 spiro atoms. The van der Waals surface area contributed by atoms with E-state index in [1.165, 1.54) is 0 Å². The zero-order valence-corrected chi connectivity index (χ0v) is 13.1. The predicted octanol–water partition coefficient (Wildman–Crippen LogP) is 3.76. The summed E-state index contributed by atoms with van der Waals surface area (Å²) in [6, 6.07) is 18.8. The molecule has 1 amide bonds. The Morgan fingerprint density at radius 2 is 1.95 bits per heavy atom. The topological polar surface area (TPSA) is 54.4 Å². The van der Waals surface area contributed by atoms with Crippen LogP contribution < -0.4 is 5.43 Å². The van der Waals surface area contributed by atoms with Crippen molar-refractivity contribution < 1.29 is 4.79 Å². The number of fused-ring (bicyclic) bond motifs is 1. The van der Waals surface area contributed by atoms with Crippen LogP contribution in [0.3, 0.4) is 0 Å². The molecule has 5 heteroatoms. The number of amides is 1. The number of halogens is 1. The molecule has 0 saturated carbocycles. The first-order valence-electron chi connectivity index (χ1n) is 6.67. The SMILES string of the molecule is O=C(NN=Cc1cccc(Br)c1)c1ccc2ccccc2n1. The van der Waals surface area contributed by atoms with Gasteiger partial charge in [-0.2, -0.15) is 5.10 Å². The molecule has 0 aliphatic rings. The molecule has 1 heterocycles. The highest BCUT2D eigenvalue weighted by molar-refractivity contribution is 9.10. The summed E-state index contributed by atoms with van der Waals surface area (Å²) in [7, 11) is 0. The maximum atomic E-state index is 12.0. The van der Waals surface area contributed by atoms with Crippen LogP contribution in [0.5, 0.6) is 0 Å². The Bertz CT molecular complexity index is 861. The molecule has 22 heavy (non-hydrogen) atoms. The number of nitrogens with zero attached hydrogens (tertiary/aromatic N) is 2. The fraction of sp³-hybridized carbons (Fsp3) is 0. The van der Waals surface area contributed by atoms with Crippen LogP contribution in [0, 0.1) is 0 Å². The van der Waals surface area contributed by atoms with Crippen molar-refractivity contribution in [1.82, 2.24) is 10.4 Å². The van der Waals surface area contributed by atoms with Crippen LogP contribution in [-0.2, 0) is 0 Å². The summed E-state index contributed by atoms with van der Waals surface area (Å²) >= 11 is 3.38. The lowest BCUT2D eigenvalue weighted by Gasteiger charge is -2.01. The fourth-order valence-electron chi connectivity index (χ4n) is 2.00. The molecule has 2 aromatic carbocycles. The first-order chi connectivity index (χ1) is 10.7. The Hall–Kier alpha value is -2.53. The highest BCUT2D eigenvalue weighted by Gasteiger charge is 2.06. The van der Waals surface area contributed by atoms with Crippen molar-refractivity contribution >= 4 is 39.0 Å². The molecule has 3 aromatic rings. The number of para-hydroxylation sites is 1. The second-order valence-corrected chi connectivity index (χ2v) is 5.56. The highest BCUT2D eigenvalue weighted by Crippen LogP contribution is 2.12. The summed E-state index contributed by atoms with van der Waals surface area (Å²) in [4.78, 5) is 16.4. The number of hydrazone groups is 1. The molecule has 0 aliphatic carbocycles. The molecule has 108 valence electrons. The van der Waals surface area contributed by atoms with E-state index < -0.39 is 0 Å². The number of carbonyl (C=O) groups is 1. The number of carbonyl (C=O) groups excluding carboxylic acids is 1. The van der Waals surface area contributed by atoms with Crippen LogP contribution in [0.4, 0.5) is 0 Å². The van der Waals surface area contributed by atoms with Crippen molar-refractivity contribution in [3.8, 4) is 0 Å². The van der Waals surface area contributed by atoms with Crippen LogP contribution in [0.25, 0.3) is 10.9 Å². The van der Waals surface area contributed by atoms with Crippen molar-refractivity contribution in [2.75, 3.05) is 0 Å². The van der Waals surface area contributed by atoms with Gasteiger partial charge in [-0.15, -0.1) is 0 Å². The minimum atomic E-state index is -0.336. The van der Waals surface area contributed by atoms with Gasteiger partial charge in [-0.1, -0.05) is 52.3 Å². The van der Waals surface area contributed by atoms with E-state index >= 15 is 0 Å². The van der Waals surface area contributed by atoms with E-state index in [0.717, 1.165) is 20.9 Å². The highest BCUT2D eigenvalue weighted by atomic mass is 79.9. The van der Waals surface area contributed by atoms with E-state index in [1.807, 2.05) is 54.6 Å². The van der Waals surface area contributed by atoms with Crippen molar-refractivity contribution in [2.24, 2.45) is 5.10 Å². The third-order valence-electron chi connectivity index (χ3n) is 3.06. The molecule has 0 fully saturated rings. The van der Waals surface area contributed by atoms with Gasteiger partial charge in [0.05, 0.1) is 11.7 Å². The van der Waals surface area contributed by atoms with Gasteiger partial charge in [-0.05, 0) is 29.8 Å². The van der Waals surface area contributed by atoms with Crippen LogP contribution in [-0.4, -0.2) is 17.1 Å². The zero-order valence-electron chi connectivity index (χ0n) is 11.5. The minimum Gasteiger partial charge on any atom is -0.266 e. The Morgan fingerprint density at radius 3 is 2.82 bits per heavy atom. The van der Waals surface area contributed by atoms with Crippen LogP contribution in [0.1, 0.15) is 16.1 Å². The molecular formula is C17H12BrN3O. The number of benzene rings is 2. The molecule has 4 nitrogen and oxygen atoms in total. The number of rotatable bonds is 3. The van der Waals surface area contributed by atoms with E-state index in [0.29, 0.717) is 5.69 Å². The fourth-order valence-corrected chi connectivity index (χ4v) is 2.42. The van der Waals surface area contributed by atoms with Gasteiger partial charge in [0.2, 0.25) is 0 Å². The van der Waals surface area contributed by atoms with Gasteiger partial charge in [0, 0.05) is 9.86 Å². The number of nitrogens with one attached hydrogen (secondary N) is 1. The summed E-state index contributed by atoms with van der Waals surface area (Å²) in [5.41, 5.74) is 4.50. The van der Waals surface area contributed by atoms with Gasteiger partial charge in [-0.3, -0.25) is 4.79 Å². The Morgan fingerprint density at radius 1 is 1.09 bits per heavy atom. The first-order valence-corrected chi connectivity index (χ1v) is 7.46. The molecule has 0 atom stereocenters. The van der Waals surface area contributed by atoms with Crippen molar-refractivity contribution in [2.45, 2.75) is 0 Å². The van der Waals surface area contributed by atoms with E-state index in [9.17, 15) is 4.79 Å². The first kappa shape index (κ1) is 14.4. The molecule has 1 aromatic heterocycles. The van der Waals surface area contributed by atoms with Gasteiger partial charge >= 0.3 is 0 Å². The number of hydrogen-bond acceptors (Lipinski definition) is 3. The average molecular weight is 354 g/mol. The largest absolute Gasteiger partial charge is 0.289 e. The van der Waals surface area contributed by atoms with Gasteiger partial charge in [-0.25, -0.2) is 10.4 Å². The number of aromatic nitrogens is 1. The summed E-state index contributed by atoms with van der Waals surface area (Å²) in [6.07, 6.45) is 1.59. The third-order valence-corrected chi connectivity index (χ3v) is 3.55. The van der Waals surface area contributed by atoms with Gasteiger partial charge in [0.25, 0.3) is 5.91 Å². The lowest BCUT2D eigenvalue weighted by atomic mass is 10.2. The molecule has 0 bridgehead atoms. The molecule has 0 aliphatic heterocycles. The number of hydrogen-bond donors (Lipinski definition) is 1. The quantitative estimate of drug-likeness (QED) is 0.575. The average Bonchev–Trinajstić information content (AvgIpc) is 2.54. The van der Waals surface area contributed by atoms with Gasteiger partial charge in [0.15, 0.2) is 0 Å². The second kappa shape index (κ2) is 6.49. The Balaban J connectivity index is 1.73. The lowest BCUT2D eigenvalue weighted by Crippen LogP contribution is -2.18. The standard InChI is InChI=1S/C17H12BrN3O/c18-14-6-3-4-12(10-14)11-19-21-17(22)16-9-8-13-5-1-2-7-15(13)20-16/h1-11H,(H,21,22). The molecule has 3 rings (SSSR count). The second-order valence-electron chi connectivity index (χ2n) is 4.64. The van der Waals surface area contributed by atoms with E-state index in [4.69, 9.17) is 0 Å². The Kier molecular flexibility index (Phi) is 4.25. The molecular weight excluding hydrogens is 342 g/mol. The monoisotopic (exact) mass is 353 g/mol. The van der Waals surface area contributed by atoms with Crippen molar-refractivity contribution in [3.63, 3.8) is 0 Å². The normalized spacial score (nSPS) is 11.0. The maximum Gasteiger partial charge on any atom is 0.289 e. The Labute approximate surface area is 136 Å². The summed E-state index contributed by atoms with van der Waals surface area (Å²) < 4.78 is 0.957. The van der Waals surface area contributed by atoms with E-state index in [1.54, 1.807) is 12.3 Å². The van der Waals surface area contributed by atoms with E-state index in [-0.39, 0.29) is 5.91 Å². The molecule has 0 unspecified atom stereocenters. The third kappa shape index (κ3) is 3.38. The minimum absolute atomic E-state index is 0.336. The maximum absolute atomic E-state index is 12.0. The molecule has 0 saturated heterocycles. The zero-order chi connectivity index (χ0) is 15.4. The molecule has 0 radical (unpaired) electrons. The van der Waals surface area contributed by atoms with Crippen LogP contribution >= 0.6 is 15.9 Å².